The second kappa shape index (κ2) is 15.3. The molecule has 2 aromatic carbocycles. The van der Waals surface area contributed by atoms with Crippen molar-refractivity contribution < 1.29 is 9.53 Å². The molecule has 4 heteroatoms. The number of ether oxygens (including phenoxy) is 1. The molecule has 0 N–H and O–H groups in total. The van der Waals surface area contributed by atoms with E-state index in [1.807, 2.05) is 27.7 Å². The van der Waals surface area contributed by atoms with Gasteiger partial charge in [0.2, 0.25) is 0 Å². The Morgan fingerprint density at radius 2 is 1.15 bits per heavy atom. The predicted octanol–water partition coefficient (Wildman–Crippen LogP) is 7.64. The van der Waals surface area contributed by atoms with Crippen LogP contribution in [0.15, 0.2) is 60.7 Å². The van der Waals surface area contributed by atoms with Crippen LogP contribution in [-0.4, -0.2) is 61.5 Å². The Balaban J connectivity index is 0.000000886. The summed E-state index contributed by atoms with van der Waals surface area (Å²) >= 11 is 0. The van der Waals surface area contributed by atoms with Crippen LogP contribution < -0.4 is 0 Å². The Bertz CT molecular complexity index is 925. The maximum Gasteiger partial charge on any atom is 0.140 e. The van der Waals surface area contributed by atoms with E-state index in [0.29, 0.717) is 5.78 Å². The van der Waals surface area contributed by atoms with Crippen LogP contribution in [0.3, 0.4) is 0 Å². The fraction of sp³-hybridized carbons (Fsp3) is 0.639. The smallest absolute Gasteiger partial charge is 0.140 e. The number of hydrogen-bond donors (Lipinski definition) is 0. The molecule has 7 rings (SSSR count). The van der Waals surface area contributed by atoms with Gasteiger partial charge in [0.15, 0.2) is 0 Å². The van der Waals surface area contributed by atoms with Gasteiger partial charge in [0.1, 0.15) is 11.9 Å². The van der Waals surface area contributed by atoms with Crippen molar-refractivity contribution in [3.63, 3.8) is 0 Å². The van der Waals surface area contributed by atoms with E-state index in [1.54, 1.807) is 0 Å². The summed E-state index contributed by atoms with van der Waals surface area (Å²) in [6.45, 7) is 14.9. The summed E-state index contributed by atoms with van der Waals surface area (Å²) < 4.78 is 6.44. The predicted molar refractivity (Wildman–Crippen MR) is 166 cm³/mol. The average molecular weight is 547 g/mol. The lowest BCUT2D eigenvalue weighted by molar-refractivity contribution is -0.144. The van der Waals surface area contributed by atoms with E-state index in [-0.39, 0.29) is 11.5 Å². The number of carbonyl (C=O) groups is 1. The molecule has 0 atom stereocenters. The number of benzene rings is 2. The molecule has 220 valence electrons. The van der Waals surface area contributed by atoms with Crippen LogP contribution >= 0.6 is 0 Å². The van der Waals surface area contributed by atoms with Gasteiger partial charge in [-0.15, -0.1) is 0 Å². The van der Waals surface area contributed by atoms with Crippen LogP contribution in [0.2, 0.25) is 0 Å². The molecule has 5 fully saturated rings. The normalized spacial score (nSPS) is 27.5. The molecule has 0 spiro atoms. The molecule has 1 saturated heterocycles. The Hall–Kier alpha value is -2.01. The first-order chi connectivity index (χ1) is 19.7. The zero-order valence-electron chi connectivity index (χ0n) is 25.7. The van der Waals surface area contributed by atoms with Gasteiger partial charge in [-0.2, -0.15) is 0 Å². The van der Waals surface area contributed by atoms with Crippen LogP contribution in [-0.2, 0) is 9.53 Å². The molecule has 4 nitrogen and oxygen atoms in total. The highest BCUT2D eigenvalue weighted by atomic mass is 16.5. The van der Waals surface area contributed by atoms with Gasteiger partial charge in [-0.3, -0.25) is 9.69 Å². The van der Waals surface area contributed by atoms with Crippen LogP contribution in [0.25, 0.3) is 0 Å². The third-order valence-corrected chi connectivity index (χ3v) is 9.65. The molecular formula is C36H54N2O2. The number of piperazine rings is 1. The van der Waals surface area contributed by atoms with Crippen LogP contribution in [0.1, 0.15) is 89.9 Å². The van der Waals surface area contributed by atoms with Crippen LogP contribution in [0, 0.1) is 23.2 Å². The topological polar surface area (TPSA) is 32.8 Å². The fourth-order valence-corrected chi connectivity index (χ4v) is 8.15. The molecular weight excluding hydrogens is 492 g/mol. The molecule has 4 bridgehead atoms. The van der Waals surface area contributed by atoms with Crippen molar-refractivity contribution in [2.45, 2.75) is 78.7 Å². The summed E-state index contributed by atoms with van der Waals surface area (Å²) in [6.07, 6.45) is 8.60. The van der Waals surface area contributed by atoms with Gasteiger partial charge in [0, 0.05) is 51.1 Å². The molecule has 0 radical (unpaired) electrons. The summed E-state index contributed by atoms with van der Waals surface area (Å²) in [6, 6.07) is 21.1. The quantitative estimate of drug-likeness (QED) is 0.307. The third kappa shape index (κ3) is 7.63. The number of carbonyl (C=O) groups excluding carboxylic acids is 1. The highest BCUT2D eigenvalue weighted by Crippen LogP contribution is 2.60. The zero-order valence-corrected chi connectivity index (χ0v) is 25.7. The lowest BCUT2D eigenvalue weighted by atomic mass is 9.48. The number of rotatable bonds is 10. The first-order valence-corrected chi connectivity index (χ1v) is 16.4. The van der Waals surface area contributed by atoms with Crippen LogP contribution in [0.4, 0.5) is 0 Å². The molecule has 0 unspecified atom stereocenters. The van der Waals surface area contributed by atoms with Crippen molar-refractivity contribution in [1.29, 1.82) is 0 Å². The third-order valence-electron chi connectivity index (χ3n) is 9.65. The largest absolute Gasteiger partial charge is 0.367 e. The molecule has 40 heavy (non-hydrogen) atoms. The maximum atomic E-state index is 13.4. The van der Waals surface area contributed by atoms with Crippen molar-refractivity contribution in [3.8, 4) is 0 Å². The number of ketones is 1. The minimum absolute atomic E-state index is 0.0238. The molecule has 0 aromatic heterocycles. The fourth-order valence-electron chi connectivity index (χ4n) is 8.15. The SMILES string of the molecule is CC.CC.O=C(CCN1CCN(CCOC(c2ccccc2)c2ccccc2)CC1)C12CC3CC(CC(C3)C1)C2. The lowest BCUT2D eigenvalue weighted by Gasteiger charge is -2.56. The molecule has 2 aromatic rings. The number of hydrogen-bond acceptors (Lipinski definition) is 4. The Morgan fingerprint density at radius 3 is 1.60 bits per heavy atom. The second-order valence-corrected chi connectivity index (χ2v) is 12.1. The lowest BCUT2D eigenvalue weighted by Crippen LogP contribution is -2.51. The molecule has 4 saturated carbocycles. The Labute approximate surface area is 244 Å². The zero-order chi connectivity index (χ0) is 28.4. The van der Waals surface area contributed by atoms with Crippen molar-refractivity contribution in [3.05, 3.63) is 71.8 Å². The second-order valence-electron chi connectivity index (χ2n) is 12.1. The van der Waals surface area contributed by atoms with E-state index < -0.39 is 0 Å². The van der Waals surface area contributed by atoms with E-state index in [2.05, 4.69) is 70.5 Å². The van der Waals surface area contributed by atoms with Gasteiger partial charge in [0.05, 0.1) is 6.61 Å². The highest BCUT2D eigenvalue weighted by molar-refractivity contribution is 5.85. The van der Waals surface area contributed by atoms with Crippen molar-refractivity contribution in [2.75, 3.05) is 45.9 Å². The molecule has 5 aliphatic rings. The Morgan fingerprint density at radius 1 is 0.725 bits per heavy atom. The van der Waals surface area contributed by atoms with E-state index in [1.165, 1.54) is 49.7 Å². The minimum atomic E-state index is -0.0238. The molecule has 0 amide bonds. The molecule has 1 aliphatic heterocycles. The number of Topliss-reactive ketones (excluding diaryl/α,β-unsaturated/α-hetero) is 1. The highest BCUT2D eigenvalue weighted by Gasteiger charge is 2.53. The summed E-state index contributed by atoms with van der Waals surface area (Å²) in [7, 11) is 0. The van der Waals surface area contributed by atoms with Gasteiger partial charge in [-0.1, -0.05) is 88.4 Å². The molecule has 1 heterocycles. The minimum Gasteiger partial charge on any atom is -0.367 e. The average Bonchev–Trinajstić information content (AvgIpc) is 3.01. The summed E-state index contributed by atoms with van der Waals surface area (Å²) in [4.78, 5) is 18.4. The van der Waals surface area contributed by atoms with Gasteiger partial charge >= 0.3 is 0 Å². The summed E-state index contributed by atoms with van der Waals surface area (Å²) in [5.41, 5.74) is 2.48. The van der Waals surface area contributed by atoms with E-state index in [4.69, 9.17) is 4.74 Å². The first kappa shape index (κ1) is 30.9. The van der Waals surface area contributed by atoms with Gasteiger partial charge in [0.25, 0.3) is 0 Å². The standard InChI is InChI=1S/C32H42N2O2.2C2H6/c35-30(32-22-25-19-26(23-32)21-27(20-25)24-32)11-12-33-13-15-34(16-14-33)17-18-36-31(28-7-3-1-4-8-28)29-9-5-2-6-10-29;2*1-2/h1-10,25-27,31H,11-24H2;2*1-2H3. The van der Waals surface area contributed by atoms with Gasteiger partial charge in [-0.05, 0) is 67.4 Å². The van der Waals surface area contributed by atoms with Gasteiger partial charge < -0.3 is 9.64 Å². The summed E-state index contributed by atoms with van der Waals surface area (Å²) in [5.74, 6) is 3.17. The number of nitrogens with zero attached hydrogens (tertiary/aromatic N) is 2. The molecule has 4 aliphatic carbocycles. The van der Waals surface area contributed by atoms with Crippen molar-refractivity contribution in [2.24, 2.45) is 23.2 Å². The van der Waals surface area contributed by atoms with Crippen molar-refractivity contribution >= 4 is 5.78 Å². The maximum absolute atomic E-state index is 13.4. The van der Waals surface area contributed by atoms with Gasteiger partial charge in [-0.25, -0.2) is 0 Å². The van der Waals surface area contributed by atoms with E-state index in [0.717, 1.165) is 70.0 Å². The van der Waals surface area contributed by atoms with E-state index >= 15 is 0 Å². The van der Waals surface area contributed by atoms with Crippen LogP contribution in [0.5, 0.6) is 0 Å². The van der Waals surface area contributed by atoms with Crippen molar-refractivity contribution in [1.82, 2.24) is 9.80 Å². The summed E-state index contributed by atoms with van der Waals surface area (Å²) in [5, 5.41) is 0. The first-order valence-electron chi connectivity index (χ1n) is 16.4. The van der Waals surface area contributed by atoms with E-state index in [9.17, 15) is 4.79 Å². The monoisotopic (exact) mass is 546 g/mol. The Kier molecular flexibility index (Phi) is 11.8.